The lowest BCUT2D eigenvalue weighted by Crippen LogP contribution is -2.48. The number of benzene rings is 1. The summed E-state index contributed by atoms with van der Waals surface area (Å²) in [5, 5.41) is 10.7. The smallest absolute Gasteiger partial charge is 0.407 e. The Kier molecular flexibility index (Phi) is 9.68. The molecular formula is C23H36N4O5. The van der Waals surface area contributed by atoms with Gasteiger partial charge in [-0.25, -0.2) is 4.79 Å². The zero-order valence-corrected chi connectivity index (χ0v) is 20.0. The average Bonchev–Trinajstić information content (AvgIpc) is 2.58. The summed E-state index contributed by atoms with van der Waals surface area (Å²) in [6, 6.07) is 7.25. The van der Waals surface area contributed by atoms with Crippen molar-refractivity contribution in [2.24, 2.45) is 0 Å². The van der Waals surface area contributed by atoms with Crippen molar-refractivity contribution in [2.75, 3.05) is 5.32 Å². The van der Waals surface area contributed by atoms with Crippen LogP contribution in [0.5, 0.6) is 0 Å². The number of carbonyl (C=O) groups is 4. The van der Waals surface area contributed by atoms with Crippen molar-refractivity contribution in [1.82, 2.24) is 16.0 Å². The Hall–Kier alpha value is -3.10. The van der Waals surface area contributed by atoms with Gasteiger partial charge in [0.2, 0.25) is 17.7 Å². The van der Waals surface area contributed by atoms with Gasteiger partial charge in [0.15, 0.2) is 0 Å². The minimum atomic E-state index is -0.812. The van der Waals surface area contributed by atoms with E-state index >= 15 is 0 Å². The fourth-order valence-electron chi connectivity index (χ4n) is 2.70. The number of hydrogen-bond acceptors (Lipinski definition) is 5. The number of alkyl carbamates (subject to hydrolysis) is 1. The highest BCUT2D eigenvalue weighted by molar-refractivity contribution is 5.97. The lowest BCUT2D eigenvalue weighted by Gasteiger charge is -2.25. The van der Waals surface area contributed by atoms with Crippen LogP contribution < -0.4 is 21.3 Å². The van der Waals surface area contributed by atoms with E-state index in [1.165, 1.54) is 0 Å². The molecule has 0 saturated carbocycles. The molecule has 0 aliphatic heterocycles. The molecule has 9 nitrogen and oxygen atoms in total. The summed E-state index contributed by atoms with van der Waals surface area (Å²) in [5.41, 5.74) is -0.573. The number of anilines is 1. The van der Waals surface area contributed by atoms with Crippen LogP contribution in [0.25, 0.3) is 0 Å². The van der Waals surface area contributed by atoms with Crippen molar-refractivity contribution in [3.05, 3.63) is 30.3 Å². The van der Waals surface area contributed by atoms with Gasteiger partial charge in [-0.3, -0.25) is 14.4 Å². The van der Waals surface area contributed by atoms with Crippen molar-refractivity contribution in [2.45, 2.75) is 84.5 Å². The van der Waals surface area contributed by atoms with Gasteiger partial charge in [-0.2, -0.15) is 0 Å². The van der Waals surface area contributed by atoms with Gasteiger partial charge in [0, 0.05) is 30.1 Å². The number of rotatable bonds is 8. The Morgan fingerprint density at radius 1 is 0.875 bits per heavy atom. The lowest BCUT2D eigenvalue weighted by atomic mass is 10.1. The predicted octanol–water partition coefficient (Wildman–Crippen LogP) is 2.72. The van der Waals surface area contributed by atoms with Gasteiger partial charge in [0.05, 0.1) is 0 Å². The van der Waals surface area contributed by atoms with Gasteiger partial charge in [0.25, 0.3) is 0 Å². The normalized spacial score (nSPS) is 13.3. The van der Waals surface area contributed by atoms with Crippen LogP contribution >= 0.6 is 0 Å². The molecule has 0 spiro atoms. The third kappa shape index (κ3) is 11.9. The maximum atomic E-state index is 12.5. The van der Waals surface area contributed by atoms with Gasteiger partial charge in [-0.1, -0.05) is 18.2 Å². The monoisotopic (exact) mass is 448 g/mol. The van der Waals surface area contributed by atoms with E-state index in [0.717, 1.165) is 0 Å². The standard InChI is InChI=1S/C23H36N4O5/c1-15(20(30)25-16-11-9-8-10-12-16)24-18(28)13-17(14-19(29)27-22(2,3)4)26-21(31)32-23(5,6)7/h8-12,15,17H,13-14H2,1-7H3,(H,24,28)(H,25,30)(H,26,31)(H,27,29)/t15-,17+/m0/s1. The fourth-order valence-corrected chi connectivity index (χ4v) is 2.70. The van der Waals surface area contributed by atoms with Crippen LogP contribution in [0.3, 0.4) is 0 Å². The molecule has 1 aromatic carbocycles. The van der Waals surface area contributed by atoms with Crippen molar-refractivity contribution < 1.29 is 23.9 Å². The molecule has 4 amide bonds. The topological polar surface area (TPSA) is 126 Å². The summed E-state index contributed by atoms with van der Waals surface area (Å²) in [7, 11) is 0. The highest BCUT2D eigenvalue weighted by Crippen LogP contribution is 2.10. The highest BCUT2D eigenvalue weighted by Gasteiger charge is 2.26. The third-order valence-electron chi connectivity index (χ3n) is 3.91. The molecule has 4 N–H and O–H groups in total. The number of hydrogen-bond donors (Lipinski definition) is 4. The molecule has 0 fully saturated rings. The number of ether oxygens (including phenoxy) is 1. The highest BCUT2D eigenvalue weighted by atomic mass is 16.6. The van der Waals surface area contributed by atoms with Gasteiger partial charge in [0.1, 0.15) is 11.6 Å². The summed E-state index contributed by atoms with van der Waals surface area (Å²) in [4.78, 5) is 49.4. The molecule has 32 heavy (non-hydrogen) atoms. The van der Waals surface area contributed by atoms with Crippen LogP contribution in [-0.4, -0.2) is 47.0 Å². The fraction of sp³-hybridized carbons (Fsp3) is 0.565. The van der Waals surface area contributed by atoms with E-state index in [-0.39, 0.29) is 24.7 Å². The second-order valence-corrected chi connectivity index (χ2v) is 9.69. The predicted molar refractivity (Wildman–Crippen MR) is 123 cm³/mol. The molecule has 0 saturated heterocycles. The molecule has 0 radical (unpaired) electrons. The summed E-state index contributed by atoms with van der Waals surface area (Å²) < 4.78 is 5.24. The molecule has 1 aromatic rings. The molecule has 178 valence electrons. The lowest BCUT2D eigenvalue weighted by molar-refractivity contribution is -0.127. The maximum absolute atomic E-state index is 12.5. The number of para-hydroxylation sites is 1. The van der Waals surface area contributed by atoms with Gasteiger partial charge in [-0.15, -0.1) is 0 Å². The second-order valence-electron chi connectivity index (χ2n) is 9.69. The Labute approximate surface area is 190 Å². The molecule has 0 aromatic heterocycles. The Morgan fingerprint density at radius 3 is 1.97 bits per heavy atom. The molecule has 0 bridgehead atoms. The average molecular weight is 449 g/mol. The van der Waals surface area contributed by atoms with Crippen LogP contribution in [0.15, 0.2) is 30.3 Å². The van der Waals surface area contributed by atoms with Crippen molar-refractivity contribution in [1.29, 1.82) is 0 Å². The molecule has 0 aliphatic carbocycles. The maximum Gasteiger partial charge on any atom is 0.407 e. The molecule has 0 aliphatic rings. The molecule has 2 atom stereocenters. The Bertz CT molecular complexity index is 767. The zero-order valence-electron chi connectivity index (χ0n) is 20.0. The second kappa shape index (κ2) is 11.5. The minimum absolute atomic E-state index is 0.117. The van der Waals surface area contributed by atoms with E-state index in [4.69, 9.17) is 4.74 Å². The first kappa shape index (κ1) is 26.9. The van der Waals surface area contributed by atoms with Gasteiger partial charge in [-0.05, 0) is 60.6 Å². The van der Waals surface area contributed by atoms with Crippen LogP contribution in [-0.2, 0) is 19.1 Å². The van der Waals surface area contributed by atoms with Crippen molar-refractivity contribution >= 4 is 29.5 Å². The zero-order chi connectivity index (χ0) is 24.5. The first-order chi connectivity index (χ1) is 14.6. The van der Waals surface area contributed by atoms with Crippen molar-refractivity contribution in [3.63, 3.8) is 0 Å². The Morgan fingerprint density at radius 2 is 1.44 bits per heavy atom. The molecule has 0 heterocycles. The SMILES string of the molecule is C[C@H](NC(=O)C[C@H](CC(=O)NC(C)(C)C)NC(=O)OC(C)(C)C)C(=O)Nc1ccccc1. The van der Waals surface area contributed by atoms with E-state index in [0.29, 0.717) is 5.69 Å². The minimum Gasteiger partial charge on any atom is -0.444 e. The first-order valence-corrected chi connectivity index (χ1v) is 10.6. The molecule has 9 heteroatoms. The molecular weight excluding hydrogens is 412 g/mol. The summed E-state index contributed by atoms with van der Waals surface area (Å²) in [5.74, 6) is -1.18. The van der Waals surface area contributed by atoms with Crippen LogP contribution in [0, 0.1) is 0 Å². The first-order valence-electron chi connectivity index (χ1n) is 10.6. The van der Waals surface area contributed by atoms with E-state index in [1.807, 2.05) is 26.8 Å². The van der Waals surface area contributed by atoms with Crippen LogP contribution in [0.2, 0.25) is 0 Å². The van der Waals surface area contributed by atoms with Gasteiger partial charge < -0.3 is 26.0 Å². The summed E-state index contributed by atoms with van der Waals surface area (Å²) in [6.45, 7) is 12.2. The molecule has 0 unspecified atom stereocenters. The van der Waals surface area contributed by atoms with Crippen molar-refractivity contribution in [3.8, 4) is 0 Å². The van der Waals surface area contributed by atoms with Crippen LogP contribution in [0.1, 0.15) is 61.3 Å². The number of amides is 4. The number of nitrogens with one attached hydrogen (secondary N) is 4. The quantitative estimate of drug-likeness (QED) is 0.487. The number of carbonyl (C=O) groups excluding carboxylic acids is 4. The summed E-state index contributed by atoms with van der Waals surface area (Å²) in [6.07, 6.45) is -1.04. The van der Waals surface area contributed by atoms with Gasteiger partial charge >= 0.3 is 6.09 Å². The van der Waals surface area contributed by atoms with E-state index in [2.05, 4.69) is 21.3 Å². The van der Waals surface area contributed by atoms with Crippen LogP contribution in [0.4, 0.5) is 10.5 Å². The van der Waals surface area contributed by atoms with E-state index in [9.17, 15) is 19.2 Å². The Balaban J connectivity index is 2.74. The molecule has 1 rings (SSSR count). The van der Waals surface area contributed by atoms with E-state index < -0.39 is 35.2 Å². The largest absolute Gasteiger partial charge is 0.444 e. The third-order valence-corrected chi connectivity index (χ3v) is 3.91. The summed E-state index contributed by atoms with van der Waals surface area (Å²) >= 11 is 0. The van der Waals surface area contributed by atoms with E-state index in [1.54, 1.807) is 52.0 Å².